The van der Waals surface area contributed by atoms with E-state index in [1.54, 1.807) is 25.1 Å². The number of carbonyl (C=O) groups is 1. The van der Waals surface area contributed by atoms with Crippen molar-refractivity contribution in [2.75, 3.05) is 32.3 Å². The largest absolute Gasteiger partial charge is 0.497 e. The molecule has 1 N–H and O–H groups in total. The van der Waals surface area contributed by atoms with Crippen LogP contribution in [-0.4, -0.2) is 45.7 Å². The predicted octanol–water partition coefficient (Wildman–Crippen LogP) is 2.67. The minimum Gasteiger partial charge on any atom is -0.497 e. The Kier molecular flexibility index (Phi) is 6.81. The molecule has 0 spiro atoms. The maximum atomic E-state index is 12.5. The number of ether oxygens (including phenoxy) is 2. The molecule has 1 amide bonds. The highest BCUT2D eigenvalue weighted by atomic mass is 32.2. The Hall–Kier alpha value is -2.58. The van der Waals surface area contributed by atoms with E-state index in [0.717, 1.165) is 16.1 Å². The Morgan fingerprint density at radius 2 is 1.78 bits per heavy atom. The van der Waals surface area contributed by atoms with Crippen LogP contribution in [0.1, 0.15) is 18.5 Å². The van der Waals surface area contributed by atoms with Crippen LogP contribution in [-0.2, 0) is 14.8 Å². The second kappa shape index (κ2) is 8.88. The van der Waals surface area contributed by atoms with Gasteiger partial charge < -0.3 is 14.8 Å². The van der Waals surface area contributed by atoms with E-state index in [1.165, 1.54) is 14.2 Å². The van der Waals surface area contributed by atoms with Gasteiger partial charge in [0.1, 0.15) is 11.5 Å². The lowest BCUT2D eigenvalue weighted by Crippen LogP contribution is -2.39. The van der Waals surface area contributed by atoms with Crippen LogP contribution >= 0.6 is 0 Å². The highest BCUT2D eigenvalue weighted by molar-refractivity contribution is 7.88. The van der Waals surface area contributed by atoms with E-state index in [4.69, 9.17) is 9.47 Å². The second-order valence-electron chi connectivity index (χ2n) is 6.01. The number of hydrogen-bond donors (Lipinski definition) is 1. The van der Waals surface area contributed by atoms with Crippen LogP contribution in [0.4, 0.5) is 5.69 Å². The van der Waals surface area contributed by atoms with E-state index in [2.05, 4.69) is 5.32 Å². The monoisotopic (exact) mass is 392 g/mol. The van der Waals surface area contributed by atoms with Gasteiger partial charge >= 0.3 is 0 Å². The number of methoxy groups -OCH3 is 2. The summed E-state index contributed by atoms with van der Waals surface area (Å²) >= 11 is 0. The first-order valence-corrected chi connectivity index (χ1v) is 10.1. The summed E-state index contributed by atoms with van der Waals surface area (Å²) in [5.74, 6) is 0.539. The number of rotatable bonds is 8. The number of hydrogen-bond acceptors (Lipinski definition) is 5. The van der Waals surface area contributed by atoms with Crippen LogP contribution in [0, 0.1) is 0 Å². The van der Waals surface area contributed by atoms with Gasteiger partial charge in [-0.2, -0.15) is 4.31 Å². The number of nitrogens with zero attached hydrogens (tertiary/aromatic N) is 1. The summed E-state index contributed by atoms with van der Waals surface area (Å²) in [5.41, 5.74) is 1.24. The average molecular weight is 392 g/mol. The summed E-state index contributed by atoms with van der Waals surface area (Å²) in [5, 5.41) is 2.70. The normalized spacial score (nSPS) is 12.5. The molecule has 0 aliphatic heterocycles. The number of amides is 1. The molecule has 7 nitrogen and oxygen atoms in total. The van der Waals surface area contributed by atoms with Gasteiger partial charge in [0.05, 0.1) is 32.7 Å². The molecular formula is C19H24N2O5S. The van der Waals surface area contributed by atoms with Crippen molar-refractivity contribution in [1.82, 2.24) is 4.31 Å². The van der Waals surface area contributed by atoms with Crippen LogP contribution in [0.2, 0.25) is 0 Å². The lowest BCUT2D eigenvalue weighted by molar-refractivity contribution is -0.116. The third-order valence-electron chi connectivity index (χ3n) is 4.12. The molecule has 0 fully saturated rings. The zero-order valence-electron chi connectivity index (χ0n) is 15.8. The van der Waals surface area contributed by atoms with Crippen molar-refractivity contribution in [1.29, 1.82) is 0 Å². The number of nitrogens with one attached hydrogen (secondary N) is 1. The Balaban J connectivity index is 2.20. The molecule has 0 saturated carbocycles. The molecule has 2 rings (SSSR count). The van der Waals surface area contributed by atoms with Crippen molar-refractivity contribution in [3.8, 4) is 11.5 Å². The minimum atomic E-state index is -3.60. The van der Waals surface area contributed by atoms with E-state index in [0.29, 0.717) is 17.2 Å². The van der Waals surface area contributed by atoms with Crippen LogP contribution in [0.15, 0.2) is 48.5 Å². The number of anilines is 1. The van der Waals surface area contributed by atoms with Gasteiger partial charge in [0.2, 0.25) is 15.9 Å². The molecule has 2 aromatic carbocycles. The lowest BCUT2D eigenvalue weighted by atomic mass is 10.1. The smallest absolute Gasteiger partial charge is 0.239 e. The minimum absolute atomic E-state index is 0.315. The van der Waals surface area contributed by atoms with Crippen LogP contribution < -0.4 is 14.8 Å². The summed E-state index contributed by atoms with van der Waals surface area (Å²) < 4.78 is 36.0. The Labute approximate surface area is 160 Å². The molecule has 146 valence electrons. The fourth-order valence-corrected chi connectivity index (χ4v) is 3.72. The van der Waals surface area contributed by atoms with Crippen molar-refractivity contribution < 1.29 is 22.7 Å². The molecule has 0 saturated heterocycles. The standard InChI is InChI=1S/C19H24N2O5S/c1-14(15-8-6-5-7-9-15)21(27(4,23)24)13-19(22)20-17-11-10-16(25-2)12-18(17)26-3/h5-12,14H,13H2,1-4H3,(H,20,22). The van der Waals surface area contributed by atoms with Gasteiger partial charge in [-0.3, -0.25) is 4.79 Å². The fourth-order valence-electron chi connectivity index (χ4n) is 2.67. The van der Waals surface area contributed by atoms with E-state index in [-0.39, 0.29) is 6.54 Å². The maximum absolute atomic E-state index is 12.5. The molecule has 0 bridgehead atoms. The van der Waals surface area contributed by atoms with Crippen molar-refractivity contribution in [3.05, 3.63) is 54.1 Å². The molecule has 0 aliphatic carbocycles. The van der Waals surface area contributed by atoms with E-state index >= 15 is 0 Å². The van der Waals surface area contributed by atoms with Gasteiger partial charge in [0.25, 0.3) is 0 Å². The zero-order chi connectivity index (χ0) is 20.0. The van der Waals surface area contributed by atoms with Gasteiger partial charge in [-0.25, -0.2) is 8.42 Å². The van der Waals surface area contributed by atoms with Crippen molar-refractivity contribution >= 4 is 21.6 Å². The number of carbonyl (C=O) groups excluding carboxylic acids is 1. The fraction of sp³-hybridized carbons (Fsp3) is 0.316. The van der Waals surface area contributed by atoms with E-state index in [1.807, 2.05) is 30.3 Å². The predicted molar refractivity (Wildman–Crippen MR) is 105 cm³/mol. The Morgan fingerprint density at radius 3 is 2.33 bits per heavy atom. The van der Waals surface area contributed by atoms with Gasteiger partial charge in [0, 0.05) is 12.1 Å². The molecule has 0 aliphatic rings. The quantitative estimate of drug-likeness (QED) is 0.747. The first-order chi connectivity index (χ1) is 12.8. The summed E-state index contributed by atoms with van der Waals surface area (Å²) in [6.45, 7) is 1.43. The molecule has 1 unspecified atom stereocenters. The molecule has 8 heteroatoms. The first-order valence-electron chi connectivity index (χ1n) is 8.30. The van der Waals surface area contributed by atoms with Gasteiger partial charge in [-0.1, -0.05) is 30.3 Å². The highest BCUT2D eigenvalue weighted by Gasteiger charge is 2.27. The Bertz CT molecular complexity index is 884. The number of benzene rings is 2. The topological polar surface area (TPSA) is 84.9 Å². The molecule has 1 atom stereocenters. The van der Waals surface area contributed by atoms with Crippen molar-refractivity contribution in [3.63, 3.8) is 0 Å². The summed E-state index contributed by atoms with van der Waals surface area (Å²) in [6, 6.07) is 13.6. The van der Waals surface area contributed by atoms with E-state index in [9.17, 15) is 13.2 Å². The van der Waals surface area contributed by atoms with Crippen molar-refractivity contribution in [2.45, 2.75) is 13.0 Å². The van der Waals surface area contributed by atoms with Gasteiger partial charge in [-0.05, 0) is 24.6 Å². The molecule has 2 aromatic rings. The molecule has 27 heavy (non-hydrogen) atoms. The highest BCUT2D eigenvalue weighted by Crippen LogP contribution is 2.29. The first kappa shape index (κ1) is 20.7. The maximum Gasteiger partial charge on any atom is 0.239 e. The van der Waals surface area contributed by atoms with Crippen LogP contribution in [0.5, 0.6) is 11.5 Å². The molecule has 0 radical (unpaired) electrons. The summed E-state index contributed by atoms with van der Waals surface area (Å²) in [4.78, 5) is 12.5. The molecule has 0 aromatic heterocycles. The SMILES string of the molecule is COc1ccc(NC(=O)CN(C(C)c2ccccc2)S(C)(=O)=O)c(OC)c1. The van der Waals surface area contributed by atoms with Crippen LogP contribution in [0.25, 0.3) is 0 Å². The Morgan fingerprint density at radius 1 is 1.11 bits per heavy atom. The van der Waals surface area contributed by atoms with Crippen molar-refractivity contribution in [2.24, 2.45) is 0 Å². The summed E-state index contributed by atoms with van der Waals surface area (Å²) in [6.07, 6.45) is 1.09. The third-order valence-corrected chi connectivity index (χ3v) is 5.42. The molecular weight excluding hydrogens is 368 g/mol. The zero-order valence-corrected chi connectivity index (χ0v) is 16.6. The second-order valence-corrected chi connectivity index (χ2v) is 7.94. The van der Waals surface area contributed by atoms with Gasteiger partial charge in [0.15, 0.2) is 0 Å². The van der Waals surface area contributed by atoms with Gasteiger partial charge in [-0.15, -0.1) is 0 Å². The van der Waals surface area contributed by atoms with Crippen LogP contribution in [0.3, 0.4) is 0 Å². The van der Waals surface area contributed by atoms with E-state index < -0.39 is 22.0 Å². The average Bonchev–Trinajstić information content (AvgIpc) is 2.65. The number of sulfonamides is 1. The lowest BCUT2D eigenvalue weighted by Gasteiger charge is -2.26. The molecule has 0 heterocycles. The summed E-state index contributed by atoms with van der Waals surface area (Å²) in [7, 11) is -0.598. The third kappa shape index (κ3) is 5.45.